The molecule has 2 heterocycles. The van der Waals surface area contributed by atoms with Gasteiger partial charge in [-0.2, -0.15) is 5.10 Å². The van der Waals surface area contributed by atoms with E-state index in [1.165, 1.54) is 0 Å². The lowest BCUT2D eigenvalue weighted by atomic mass is 10.1. The summed E-state index contributed by atoms with van der Waals surface area (Å²) in [5, 5.41) is 13.3. The molecule has 0 radical (unpaired) electrons. The molecule has 0 fully saturated rings. The molecule has 0 unspecified atom stereocenters. The first-order valence-electron chi connectivity index (χ1n) is 5.48. The third-order valence-electron chi connectivity index (χ3n) is 2.47. The summed E-state index contributed by atoms with van der Waals surface area (Å²) in [5.74, 6) is 0. The maximum Gasteiger partial charge on any atom is 0.109 e. The van der Waals surface area contributed by atoms with Gasteiger partial charge in [0.15, 0.2) is 0 Å². The Morgan fingerprint density at radius 2 is 2.29 bits per heavy atom. The maximum atomic E-state index is 12.3. The molecular formula is C12H14FN3O. The van der Waals surface area contributed by atoms with Gasteiger partial charge in [-0.05, 0) is 18.6 Å². The van der Waals surface area contributed by atoms with E-state index in [2.05, 4.69) is 10.1 Å². The molecule has 90 valence electrons. The Morgan fingerprint density at radius 1 is 1.41 bits per heavy atom. The summed E-state index contributed by atoms with van der Waals surface area (Å²) >= 11 is 0. The molecule has 0 amide bonds. The molecule has 2 rings (SSSR count). The van der Waals surface area contributed by atoms with Crippen LogP contribution in [0.4, 0.5) is 4.39 Å². The number of aromatic nitrogens is 3. The zero-order chi connectivity index (χ0) is 12.1. The van der Waals surface area contributed by atoms with E-state index in [0.717, 1.165) is 16.8 Å². The standard InChI is InChI=1S/C12H14FN3O/c13-4-6-16-9-11(3-7-17)12(15-16)10-2-1-5-14-8-10/h1-2,5,8-9,17H,3-4,6-7H2. The van der Waals surface area contributed by atoms with Crippen LogP contribution in [0, 0.1) is 0 Å². The molecule has 5 heteroatoms. The van der Waals surface area contributed by atoms with Gasteiger partial charge >= 0.3 is 0 Å². The molecule has 0 atom stereocenters. The first-order valence-corrected chi connectivity index (χ1v) is 5.48. The number of hydrogen-bond acceptors (Lipinski definition) is 3. The lowest BCUT2D eigenvalue weighted by molar-refractivity contribution is 0.299. The number of halogens is 1. The van der Waals surface area contributed by atoms with Crippen molar-refractivity contribution in [2.45, 2.75) is 13.0 Å². The summed E-state index contributed by atoms with van der Waals surface area (Å²) in [4.78, 5) is 4.03. The average Bonchev–Trinajstić information content (AvgIpc) is 2.74. The third kappa shape index (κ3) is 2.68. The van der Waals surface area contributed by atoms with Gasteiger partial charge in [-0.15, -0.1) is 0 Å². The topological polar surface area (TPSA) is 50.9 Å². The minimum absolute atomic E-state index is 0.0502. The summed E-state index contributed by atoms with van der Waals surface area (Å²) in [6, 6.07) is 3.72. The van der Waals surface area contributed by atoms with Crippen molar-refractivity contribution >= 4 is 0 Å². The highest BCUT2D eigenvalue weighted by molar-refractivity contribution is 5.61. The normalized spacial score (nSPS) is 10.7. The predicted octanol–water partition coefficient (Wildman–Crippen LogP) is 1.45. The van der Waals surface area contributed by atoms with Crippen LogP contribution >= 0.6 is 0 Å². The zero-order valence-corrected chi connectivity index (χ0v) is 9.38. The van der Waals surface area contributed by atoms with Gasteiger partial charge in [0.1, 0.15) is 6.67 Å². The molecule has 0 spiro atoms. The second kappa shape index (κ2) is 5.54. The van der Waals surface area contributed by atoms with Crippen molar-refractivity contribution in [2.75, 3.05) is 13.3 Å². The van der Waals surface area contributed by atoms with E-state index in [9.17, 15) is 4.39 Å². The number of pyridine rings is 1. The third-order valence-corrected chi connectivity index (χ3v) is 2.47. The van der Waals surface area contributed by atoms with Gasteiger partial charge in [-0.1, -0.05) is 0 Å². The number of alkyl halides is 1. The molecule has 0 saturated heterocycles. The molecule has 4 nitrogen and oxygen atoms in total. The summed E-state index contributed by atoms with van der Waals surface area (Å²) in [5.41, 5.74) is 2.56. The molecule has 0 aromatic carbocycles. The second-order valence-electron chi connectivity index (χ2n) is 3.67. The van der Waals surface area contributed by atoms with Crippen molar-refractivity contribution in [1.29, 1.82) is 0 Å². The molecular weight excluding hydrogens is 221 g/mol. The number of nitrogens with zero attached hydrogens (tertiary/aromatic N) is 3. The smallest absolute Gasteiger partial charge is 0.109 e. The van der Waals surface area contributed by atoms with Crippen LogP contribution in [0.2, 0.25) is 0 Å². The van der Waals surface area contributed by atoms with Gasteiger partial charge in [0.2, 0.25) is 0 Å². The fraction of sp³-hybridized carbons (Fsp3) is 0.333. The molecule has 2 aromatic heterocycles. The van der Waals surface area contributed by atoms with E-state index in [1.54, 1.807) is 23.3 Å². The highest BCUT2D eigenvalue weighted by atomic mass is 19.1. The fourth-order valence-corrected chi connectivity index (χ4v) is 1.71. The Morgan fingerprint density at radius 3 is 2.94 bits per heavy atom. The molecule has 1 N–H and O–H groups in total. The molecule has 0 aliphatic heterocycles. The van der Waals surface area contributed by atoms with Gasteiger partial charge in [0.25, 0.3) is 0 Å². The monoisotopic (exact) mass is 235 g/mol. The minimum Gasteiger partial charge on any atom is -0.396 e. The maximum absolute atomic E-state index is 12.3. The highest BCUT2D eigenvalue weighted by Gasteiger charge is 2.10. The van der Waals surface area contributed by atoms with E-state index in [4.69, 9.17) is 5.11 Å². The SMILES string of the molecule is OCCc1cn(CCF)nc1-c1cccnc1. The van der Waals surface area contributed by atoms with Crippen molar-refractivity contribution in [2.24, 2.45) is 0 Å². The first-order chi connectivity index (χ1) is 8.35. The number of aryl methyl sites for hydroxylation is 1. The highest BCUT2D eigenvalue weighted by Crippen LogP contribution is 2.21. The number of hydrogen-bond donors (Lipinski definition) is 1. The molecule has 0 bridgehead atoms. The second-order valence-corrected chi connectivity index (χ2v) is 3.67. The van der Waals surface area contributed by atoms with Crippen LogP contribution in [0.5, 0.6) is 0 Å². The van der Waals surface area contributed by atoms with Crippen molar-refractivity contribution in [3.8, 4) is 11.3 Å². The summed E-state index contributed by atoms with van der Waals surface area (Å²) in [6.07, 6.45) is 5.69. The number of aliphatic hydroxyl groups is 1. The quantitative estimate of drug-likeness (QED) is 0.853. The molecule has 0 saturated carbocycles. The van der Waals surface area contributed by atoms with Gasteiger partial charge in [0, 0.05) is 36.3 Å². The van der Waals surface area contributed by atoms with E-state index >= 15 is 0 Å². The average molecular weight is 235 g/mol. The molecule has 0 aliphatic rings. The molecule has 2 aromatic rings. The lowest BCUT2D eigenvalue weighted by Gasteiger charge is -1.99. The van der Waals surface area contributed by atoms with Crippen molar-refractivity contribution in [3.05, 3.63) is 36.3 Å². The number of aliphatic hydroxyl groups excluding tert-OH is 1. The lowest BCUT2D eigenvalue weighted by Crippen LogP contribution is -1.99. The summed E-state index contributed by atoms with van der Waals surface area (Å²) in [7, 11) is 0. The van der Waals surface area contributed by atoms with E-state index < -0.39 is 6.67 Å². The molecule has 17 heavy (non-hydrogen) atoms. The van der Waals surface area contributed by atoms with Gasteiger partial charge in [-0.25, -0.2) is 4.39 Å². The van der Waals surface area contributed by atoms with E-state index in [-0.39, 0.29) is 13.2 Å². The Labute approximate surface area is 98.7 Å². The van der Waals surface area contributed by atoms with Crippen LogP contribution in [0.3, 0.4) is 0 Å². The van der Waals surface area contributed by atoms with Crippen LogP contribution in [-0.2, 0) is 13.0 Å². The van der Waals surface area contributed by atoms with E-state index in [0.29, 0.717) is 6.42 Å². The minimum atomic E-state index is -0.452. The van der Waals surface area contributed by atoms with Crippen LogP contribution in [0.15, 0.2) is 30.7 Å². The van der Waals surface area contributed by atoms with Gasteiger partial charge < -0.3 is 5.11 Å². The zero-order valence-electron chi connectivity index (χ0n) is 9.38. The Hall–Kier alpha value is -1.75. The number of rotatable bonds is 5. The van der Waals surface area contributed by atoms with Gasteiger partial charge in [0.05, 0.1) is 12.2 Å². The van der Waals surface area contributed by atoms with Crippen molar-refractivity contribution in [1.82, 2.24) is 14.8 Å². The molecule has 0 aliphatic carbocycles. The summed E-state index contributed by atoms with van der Waals surface area (Å²) < 4.78 is 13.8. The van der Waals surface area contributed by atoms with Crippen LogP contribution in [0.25, 0.3) is 11.3 Å². The van der Waals surface area contributed by atoms with Crippen molar-refractivity contribution < 1.29 is 9.50 Å². The predicted molar refractivity (Wildman–Crippen MR) is 62.2 cm³/mol. The largest absolute Gasteiger partial charge is 0.396 e. The summed E-state index contributed by atoms with van der Waals surface area (Å²) in [6.45, 7) is -0.167. The van der Waals surface area contributed by atoms with Crippen molar-refractivity contribution in [3.63, 3.8) is 0 Å². The Bertz CT molecular complexity index is 470. The van der Waals surface area contributed by atoms with E-state index in [1.807, 2.05) is 12.1 Å². The Kier molecular flexibility index (Phi) is 3.82. The van der Waals surface area contributed by atoms with Crippen LogP contribution < -0.4 is 0 Å². The van der Waals surface area contributed by atoms with Gasteiger partial charge in [-0.3, -0.25) is 9.67 Å². The van der Waals surface area contributed by atoms with Crippen LogP contribution in [0.1, 0.15) is 5.56 Å². The van der Waals surface area contributed by atoms with Crippen LogP contribution in [-0.4, -0.2) is 33.2 Å². The fourth-order valence-electron chi connectivity index (χ4n) is 1.71. The Balaban J connectivity index is 2.37. The first kappa shape index (κ1) is 11.7.